The fourth-order valence-electron chi connectivity index (χ4n) is 3.42. The first-order valence-corrected chi connectivity index (χ1v) is 8.57. The number of hydrogen-bond acceptors (Lipinski definition) is 4. The lowest BCUT2D eigenvalue weighted by Gasteiger charge is -2.24. The van der Waals surface area contributed by atoms with E-state index in [0.29, 0.717) is 18.3 Å². The molecule has 1 heterocycles. The van der Waals surface area contributed by atoms with Crippen LogP contribution in [0.2, 0.25) is 0 Å². The molecule has 2 atom stereocenters. The molecule has 24 heavy (non-hydrogen) atoms. The molecule has 128 valence electrons. The number of nitrogens with one attached hydrogen (secondary N) is 1. The van der Waals surface area contributed by atoms with Crippen LogP contribution in [0.4, 0.5) is 0 Å². The number of aryl methyl sites for hydroxylation is 1. The number of rotatable bonds is 6. The third kappa shape index (κ3) is 4.15. The van der Waals surface area contributed by atoms with Gasteiger partial charge in [0.1, 0.15) is 5.75 Å². The summed E-state index contributed by atoms with van der Waals surface area (Å²) >= 11 is 0. The van der Waals surface area contributed by atoms with E-state index in [1.165, 1.54) is 5.56 Å². The molecule has 3 N–H and O–H groups in total. The number of phenols is 1. The van der Waals surface area contributed by atoms with Crippen molar-refractivity contribution in [3.8, 4) is 5.75 Å². The highest BCUT2D eigenvalue weighted by Crippen LogP contribution is 2.22. The standard InChI is InChI=1S/C20H26N2O2/c1-15-6-5-9-17(20(15)24)11-21-12-18-10-19(23)14-22(18)13-16-7-3-2-4-8-16/h2-9,18-19,21,23-24H,10-14H2,1H3. The van der Waals surface area contributed by atoms with Crippen LogP contribution in [0.25, 0.3) is 0 Å². The maximum Gasteiger partial charge on any atom is 0.122 e. The van der Waals surface area contributed by atoms with E-state index in [-0.39, 0.29) is 6.10 Å². The molecular weight excluding hydrogens is 300 g/mol. The summed E-state index contributed by atoms with van der Waals surface area (Å²) in [6.07, 6.45) is 0.535. The molecule has 1 aliphatic rings. The first-order chi connectivity index (χ1) is 11.6. The van der Waals surface area contributed by atoms with Gasteiger partial charge in [-0.05, 0) is 24.5 Å². The summed E-state index contributed by atoms with van der Waals surface area (Å²) < 4.78 is 0. The predicted molar refractivity (Wildman–Crippen MR) is 95.8 cm³/mol. The van der Waals surface area contributed by atoms with Crippen LogP contribution < -0.4 is 5.32 Å². The van der Waals surface area contributed by atoms with Crippen LogP contribution >= 0.6 is 0 Å². The number of benzene rings is 2. The molecule has 4 heteroatoms. The molecule has 0 amide bonds. The van der Waals surface area contributed by atoms with E-state index in [1.54, 1.807) is 0 Å². The second-order valence-electron chi connectivity index (χ2n) is 6.67. The Morgan fingerprint density at radius 2 is 1.92 bits per heavy atom. The molecule has 0 aliphatic carbocycles. The molecule has 4 nitrogen and oxygen atoms in total. The van der Waals surface area contributed by atoms with Gasteiger partial charge in [0.15, 0.2) is 0 Å². The molecule has 0 spiro atoms. The Balaban J connectivity index is 1.56. The van der Waals surface area contributed by atoms with Crippen LogP contribution in [0.5, 0.6) is 5.75 Å². The van der Waals surface area contributed by atoms with Gasteiger partial charge in [-0.1, -0.05) is 48.5 Å². The largest absolute Gasteiger partial charge is 0.507 e. The van der Waals surface area contributed by atoms with Crippen LogP contribution in [-0.4, -0.2) is 40.3 Å². The van der Waals surface area contributed by atoms with Crippen molar-refractivity contribution in [2.75, 3.05) is 13.1 Å². The van der Waals surface area contributed by atoms with Crippen molar-refractivity contribution < 1.29 is 10.2 Å². The zero-order valence-corrected chi connectivity index (χ0v) is 14.2. The minimum Gasteiger partial charge on any atom is -0.507 e. The zero-order chi connectivity index (χ0) is 16.9. The van der Waals surface area contributed by atoms with Crippen LogP contribution in [0.3, 0.4) is 0 Å². The molecule has 2 aromatic rings. The molecule has 0 radical (unpaired) electrons. The summed E-state index contributed by atoms with van der Waals surface area (Å²) in [6.45, 7) is 4.93. The van der Waals surface area contributed by atoms with E-state index < -0.39 is 0 Å². The SMILES string of the molecule is Cc1cccc(CNCC2CC(O)CN2Cc2ccccc2)c1O. The number of para-hydroxylation sites is 1. The fourth-order valence-corrected chi connectivity index (χ4v) is 3.42. The maximum absolute atomic E-state index is 10.1. The topological polar surface area (TPSA) is 55.7 Å². The molecule has 2 aromatic carbocycles. The quantitative estimate of drug-likeness (QED) is 0.763. The smallest absolute Gasteiger partial charge is 0.122 e. The Labute approximate surface area is 143 Å². The van der Waals surface area contributed by atoms with Gasteiger partial charge in [-0.15, -0.1) is 0 Å². The van der Waals surface area contributed by atoms with E-state index in [0.717, 1.165) is 37.2 Å². The van der Waals surface area contributed by atoms with Crippen molar-refractivity contribution >= 4 is 0 Å². The number of hydrogen-bond donors (Lipinski definition) is 3. The normalized spacial score (nSPS) is 21.2. The minimum absolute atomic E-state index is 0.257. The van der Waals surface area contributed by atoms with Gasteiger partial charge in [-0.3, -0.25) is 4.90 Å². The van der Waals surface area contributed by atoms with Crippen molar-refractivity contribution in [2.24, 2.45) is 0 Å². The number of nitrogens with zero attached hydrogens (tertiary/aromatic N) is 1. The van der Waals surface area contributed by atoms with Gasteiger partial charge in [0.2, 0.25) is 0 Å². The van der Waals surface area contributed by atoms with Crippen LogP contribution in [-0.2, 0) is 13.1 Å². The zero-order valence-electron chi connectivity index (χ0n) is 14.2. The van der Waals surface area contributed by atoms with Crippen LogP contribution in [0.15, 0.2) is 48.5 Å². The van der Waals surface area contributed by atoms with Gasteiger partial charge in [0, 0.05) is 37.8 Å². The summed E-state index contributed by atoms with van der Waals surface area (Å²) in [4.78, 5) is 2.34. The number of likely N-dealkylation sites (tertiary alicyclic amines) is 1. The molecular formula is C20H26N2O2. The Morgan fingerprint density at radius 1 is 1.12 bits per heavy atom. The van der Waals surface area contributed by atoms with E-state index >= 15 is 0 Å². The third-order valence-corrected chi connectivity index (χ3v) is 4.75. The van der Waals surface area contributed by atoms with E-state index in [1.807, 2.05) is 31.2 Å². The van der Waals surface area contributed by atoms with Gasteiger partial charge in [-0.2, -0.15) is 0 Å². The molecule has 1 saturated heterocycles. The minimum atomic E-state index is -0.257. The Hall–Kier alpha value is -1.88. The third-order valence-electron chi connectivity index (χ3n) is 4.75. The highest BCUT2D eigenvalue weighted by molar-refractivity contribution is 5.39. The Kier molecular flexibility index (Phi) is 5.51. The fraction of sp³-hybridized carbons (Fsp3) is 0.400. The van der Waals surface area contributed by atoms with Gasteiger partial charge in [-0.25, -0.2) is 0 Å². The predicted octanol–water partition coefficient (Wildman–Crippen LogP) is 2.43. The summed E-state index contributed by atoms with van der Waals surface area (Å²) in [6, 6.07) is 16.5. The number of β-amino-alcohol motifs (C(OH)–C–C–N with tert-alkyl or cyclic N) is 1. The highest BCUT2D eigenvalue weighted by atomic mass is 16.3. The van der Waals surface area contributed by atoms with E-state index in [9.17, 15) is 10.2 Å². The van der Waals surface area contributed by atoms with Crippen LogP contribution in [0, 0.1) is 6.92 Å². The number of aliphatic hydroxyl groups is 1. The second kappa shape index (κ2) is 7.79. The lowest BCUT2D eigenvalue weighted by molar-refractivity contribution is 0.172. The van der Waals surface area contributed by atoms with Crippen molar-refractivity contribution in [3.63, 3.8) is 0 Å². The summed E-state index contributed by atoms with van der Waals surface area (Å²) in [5.41, 5.74) is 3.09. The van der Waals surface area contributed by atoms with Crippen molar-refractivity contribution in [1.82, 2.24) is 10.2 Å². The van der Waals surface area contributed by atoms with Gasteiger partial charge in [0.05, 0.1) is 6.10 Å². The Bertz CT molecular complexity index is 660. The second-order valence-corrected chi connectivity index (χ2v) is 6.67. The summed E-state index contributed by atoms with van der Waals surface area (Å²) in [5, 5.41) is 23.6. The first-order valence-electron chi connectivity index (χ1n) is 8.57. The van der Waals surface area contributed by atoms with E-state index in [2.05, 4.69) is 34.5 Å². The molecule has 0 saturated carbocycles. The molecule has 1 fully saturated rings. The average molecular weight is 326 g/mol. The van der Waals surface area contributed by atoms with Crippen LogP contribution in [0.1, 0.15) is 23.1 Å². The van der Waals surface area contributed by atoms with Crippen molar-refractivity contribution in [3.05, 3.63) is 65.2 Å². The average Bonchev–Trinajstić information content (AvgIpc) is 2.92. The molecule has 2 unspecified atom stereocenters. The van der Waals surface area contributed by atoms with Crippen molar-refractivity contribution in [2.45, 2.75) is 38.6 Å². The van der Waals surface area contributed by atoms with E-state index in [4.69, 9.17) is 0 Å². The molecule has 0 bridgehead atoms. The summed E-state index contributed by atoms with van der Waals surface area (Å²) in [7, 11) is 0. The van der Waals surface area contributed by atoms with Gasteiger partial charge < -0.3 is 15.5 Å². The highest BCUT2D eigenvalue weighted by Gasteiger charge is 2.30. The Morgan fingerprint density at radius 3 is 2.71 bits per heavy atom. The van der Waals surface area contributed by atoms with Crippen molar-refractivity contribution in [1.29, 1.82) is 0 Å². The maximum atomic E-state index is 10.1. The number of aromatic hydroxyl groups is 1. The lowest BCUT2D eigenvalue weighted by Crippen LogP contribution is -2.37. The van der Waals surface area contributed by atoms with Gasteiger partial charge in [0.25, 0.3) is 0 Å². The molecule has 0 aromatic heterocycles. The first kappa shape index (κ1) is 17.0. The molecule has 3 rings (SSSR count). The number of aliphatic hydroxyl groups excluding tert-OH is 1. The monoisotopic (exact) mass is 326 g/mol. The number of phenolic OH excluding ortho intramolecular Hbond substituents is 1. The molecule has 1 aliphatic heterocycles. The summed E-state index contributed by atoms with van der Waals surface area (Å²) in [5.74, 6) is 0.373. The lowest BCUT2D eigenvalue weighted by atomic mass is 10.1. The van der Waals surface area contributed by atoms with Gasteiger partial charge >= 0.3 is 0 Å².